The zero-order chi connectivity index (χ0) is 14.7. The molecule has 0 aromatic carbocycles. The van der Waals surface area contributed by atoms with Crippen molar-refractivity contribution in [3.05, 3.63) is 46.2 Å². The zero-order valence-corrected chi connectivity index (χ0v) is 13.0. The van der Waals surface area contributed by atoms with Crippen LogP contribution in [0.5, 0.6) is 0 Å². The highest BCUT2D eigenvalue weighted by atomic mass is 32.1. The number of likely N-dealkylation sites (tertiary alicyclic amines) is 1. The molecule has 110 valence electrons. The maximum absolute atomic E-state index is 12.9. The lowest BCUT2D eigenvalue weighted by Crippen LogP contribution is -2.34. The third kappa shape index (κ3) is 2.97. The molecule has 2 aromatic rings. The van der Waals surface area contributed by atoms with E-state index < -0.39 is 0 Å². The minimum atomic E-state index is 0.124. The first-order chi connectivity index (χ1) is 10.3. The van der Waals surface area contributed by atoms with Crippen molar-refractivity contribution >= 4 is 17.2 Å². The number of pyridine rings is 1. The summed E-state index contributed by atoms with van der Waals surface area (Å²) < 4.78 is 0. The molecule has 0 saturated carbocycles. The van der Waals surface area contributed by atoms with Gasteiger partial charge in [0, 0.05) is 18.9 Å². The summed E-state index contributed by atoms with van der Waals surface area (Å²) in [6.07, 6.45) is 8.06. The fourth-order valence-electron chi connectivity index (χ4n) is 2.92. The van der Waals surface area contributed by atoms with Gasteiger partial charge in [-0.2, -0.15) is 0 Å². The lowest BCUT2D eigenvalue weighted by atomic mass is 10.0. The van der Waals surface area contributed by atoms with Crippen LogP contribution in [-0.2, 0) is 0 Å². The SMILES string of the molecule is Cc1ncsc1C(=O)N1CCCCCC1c1ccncc1. The number of amides is 1. The number of hydrogen-bond acceptors (Lipinski definition) is 4. The van der Waals surface area contributed by atoms with Gasteiger partial charge < -0.3 is 4.90 Å². The Kier molecular flexibility index (Phi) is 4.29. The van der Waals surface area contributed by atoms with Crippen molar-refractivity contribution in [2.24, 2.45) is 0 Å². The maximum Gasteiger partial charge on any atom is 0.266 e. The highest BCUT2D eigenvalue weighted by molar-refractivity contribution is 7.11. The summed E-state index contributed by atoms with van der Waals surface area (Å²) in [4.78, 5) is 24.0. The van der Waals surface area contributed by atoms with Gasteiger partial charge in [-0.25, -0.2) is 4.98 Å². The molecule has 1 saturated heterocycles. The second-order valence-electron chi connectivity index (χ2n) is 5.41. The van der Waals surface area contributed by atoms with Crippen molar-refractivity contribution in [1.29, 1.82) is 0 Å². The van der Waals surface area contributed by atoms with Crippen LogP contribution in [0, 0.1) is 6.92 Å². The molecule has 1 atom stereocenters. The average molecular weight is 301 g/mol. The van der Waals surface area contributed by atoms with Gasteiger partial charge in [-0.05, 0) is 37.5 Å². The standard InChI is InChI=1S/C16H19N3OS/c1-12-15(21-11-18-12)16(20)19-10-4-2-3-5-14(19)13-6-8-17-9-7-13/h6-9,11,14H,2-5,10H2,1H3. The lowest BCUT2D eigenvalue weighted by Gasteiger charge is -2.30. The van der Waals surface area contributed by atoms with Crippen LogP contribution in [0.1, 0.15) is 52.7 Å². The first kappa shape index (κ1) is 14.2. The summed E-state index contributed by atoms with van der Waals surface area (Å²) in [5, 5.41) is 0. The molecular formula is C16H19N3OS. The smallest absolute Gasteiger partial charge is 0.266 e. The van der Waals surface area contributed by atoms with Gasteiger partial charge in [0.25, 0.3) is 5.91 Å². The number of rotatable bonds is 2. The van der Waals surface area contributed by atoms with E-state index in [-0.39, 0.29) is 11.9 Å². The van der Waals surface area contributed by atoms with Gasteiger partial charge in [0.2, 0.25) is 0 Å². The fraction of sp³-hybridized carbons (Fsp3) is 0.438. The van der Waals surface area contributed by atoms with Crippen LogP contribution in [-0.4, -0.2) is 27.3 Å². The third-order valence-corrected chi connectivity index (χ3v) is 4.96. The largest absolute Gasteiger partial charge is 0.331 e. The maximum atomic E-state index is 12.9. The van der Waals surface area contributed by atoms with Gasteiger partial charge in [-0.1, -0.05) is 12.8 Å². The van der Waals surface area contributed by atoms with Crippen molar-refractivity contribution in [1.82, 2.24) is 14.9 Å². The molecule has 21 heavy (non-hydrogen) atoms. The van der Waals surface area contributed by atoms with Crippen LogP contribution >= 0.6 is 11.3 Å². The Morgan fingerprint density at radius 1 is 1.29 bits per heavy atom. The quantitative estimate of drug-likeness (QED) is 0.851. The molecule has 1 aliphatic heterocycles. The van der Waals surface area contributed by atoms with Crippen LogP contribution in [0.4, 0.5) is 0 Å². The fourth-order valence-corrected chi connectivity index (χ4v) is 3.68. The first-order valence-corrected chi connectivity index (χ1v) is 8.26. The van der Waals surface area contributed by atoms with E-state index in [4.69, 9.17) is 0 Å². The molecule has 5 heteroatoms. The topological polar surface area (TPSA) is 46.1 Å². The minimum absolute atomic E-state index is 0.124. The first-order valence-electron chi connectivity index (χ1n) is 7.38. The molecule has 0 N–H and O–H groups in total. The molecule has 0 aliphatic carbocycles. The van der Waals surface area contributed by atoms with E-state index >= 15 is 0 Å². The molecule has 2 aromatic heterocycles. The van der Waals surface area contributed by atoms with Gasteiger partial charge in [0.15, 0.2) is 0 Å². The number of nitrogens with zero attached hydrogens (tertiary/aromatic N) is 3. The highest BCUT2D eigenvalue weighted by Crippen LogP contribution is 2.32. The van der Waals surface area contributed by atoms with E-state index in [2.05, 4.69) is 9.97 Å². The predicted octanol–water partition coefficient (Wildman–Crippen LogP) is 3.60. The van der Waals surface area contributed by atoms with E-state index in [1.807, 2.05) is 24.0 Å². The van der Waals surface area contributed by atoms with Gasteiger partial charge >= 0.3 is 0 Å². The van der Waals surface area contributed by atoms with Crippen LogP contribution in [0.15, 0.2) is 30.0 Å². The molecule has 0 radical (unpaired) electrons. The Bertz CT molecular complexity index is 611. The Morgan fingerprint density at radius 2 is 2.10 bits per heavy atom. The Morgan fingerprint density at radius 3 is 2.81 bits per heavy atom. The minimum Gasteiger partial charge on any atom is -0.331 e. The second kappa shape index (κ2) is 6.35. The van der Waals surface area contributed by atoms with E-state index in [0.29, 0.717) is 0 Å². The molecule has 1 unspecified atom stereocenters. The summed E-state index contributed by atoms with van der Waals surface area (Å²) in [6, 6.07) is 4.20. The van der Waals surface area contributed by atoms with E-state index in [9.17, 15) is 4.79 Å². The van der Waals surface area contributed by atoms with Crippen LogP contribution in [0.2, 0.25) is 0 Å². The van der Waals surface area contributed by atoms with Crippen LogP contribution in [0.3, 0.4) is 0 Å². The molecule has 1 amide bonds. The van der Waals surface area contributed by atoms with Gasteiger partial charge in [0.05, 0.1) is 17.2 Å². The second-order valence-corrected chi connectivity index (χ2v) is 6.27. The molecule has 4 nitrogen and oxygen atoms in total. The van der Waals surface area contributed by atoms with Crippen molar-refractivity contribution in [3.63, 3.8) is 0 Å². The summed E-state index contributed by atoms with van der Waals surface area (Å²) >= 11 is 1.44. The summed E-state index contributed by atoms with van der Waals surface area (Å²) in [6.45, 7) is 2.73. The van der Waals surface area contributed by atoms with Gasteiger partial charge in [-0.3, -0.25) is 9.78 Å². The van der Waals surface area contributed by atoms with Crippen molar-refractivity contribution in [3.8, 4) is 0 Å². The summed E-state index contributed by atoms with van der Waals surface area (Å²) in [5.41, 5.74) is 3.77. The molecular weight excluding hydrogens is 282 g/mol. The van der Waals surface area contributed by atoms with Crippen LogP contribution < -0.4 is 0 Å². The van der Waals surface area contributed by atoms with Crippen molar-refractivity contribution < 1.29 is 4.79 Å². The number of thiazole rings is 1. The van der Waals surface area contributed by atoms with E-state index in [1.165, 1.54) is 29.7 Å². The summed E-state index contributed by atoms with van der Waals surface area (Å²) in [7, 11) is 0. The van der Waals surface area contributed by atoms with E-state index in [1.54, 1.807) is 17.9 Å². The Balaban J connectivity index is 1.92. The average Bonchev–Trinajstić information content (AvgIpc) is 2.80. The molecule has 0 bridgehead atoms. The Labute approximate surface area is 128 Å². The van der Waals surface area contributed by atoms with Crippen molar-refractivity contribution in [2.45, 2.75) is 38.6 Å². The van der Waals surface area contributed by atoms with Gasteiger partial charge in [-0.15, -0.1) is 11.3 Å². The third-order valence-electron chi connectivity index (χ3n) is 4.04. The van der Waals surface area contributed by atoms with E-state index in [0.717, 1.165) is 30.0 Å². The Hall–Kier alpha value is -1.75. The number of hydrogen-bond donors (Lipinski definition) is 0. The predicted molar refractivity (Wildman–Crippen MR) is 83.3 cm³/mol. The number of carbonyl (C=O) groups is 1. The number of carbonyl (C=O) groups excluding carboxylic acids is 1. The zero-order valence-electron chi connectivity index (χ0n) is 12.2. The number of aromatic nitrogens is 2. The molecule has 3 heterocycles. The van der Waals surface area contributed by atoms with Crippen LogP contribution in [0.25, 0.3) is 0 Å². The highest BCUT2D eigenvalue weighted by Gasteiger charge is 2.29. The molecule has 1 fully saturated rings. The number of aryl methyl sites for hydroxylation is 1. The molecule has 3 rings (SSSR count). The lowest BCUT2D eigenvalue weighted by molar-refractivity contribution is 0.0685. The molecule has 0 spiro atoms. The monoisotopic (exact) mass is 301 g/mol. The summed E-state index contributed by atoms with van der Waals surface area (Å²) in [5.74, 6) is 0.124. The van der Waals surface area contributed by atoms with Gasteiger partial charge in [0.1, 0.15) is 4.88 Å². The molecule has 1 aliphatic rings. The van der Waals surface area contributed by atoms with Crippen molar-refractivity contribution in [2.75, 3.05) is 6.54 Å². The normalized spacial score (nSPS) is 19.3.